The number of Topliss-reactive ketones (excluding diaryl/α,β-unsaturated/α-hetero) is 1. The van der Waals surface area contributed by atoms with E-state index in [1.54, 1.807) is 25.3 Å². The van der Waals surface area contributed by atoms with E-state index in [0.29, 0.717) is 17.1 Å². The summed E-state index contributed by atoms with van der Waals surface area (Å²) in [7, 11) is 1.59. The SMILES string of the molecule is COc1ccccc1/C=C/C=C1\Oc2cc(OC(=O)c3ccc(F)cc3)ccc2C1=O. The highest BCUT2D eigenvalue weighted by Crippen LogP contribution is 2.34. The third-order valence-corrected chi connectivity index (χ3v) is 4.59. The van der Waals surface area contributed by atoms with Crippen LogP contribution in [0.2, 0.25) is 0 Å². The van der Waals surface area contributed by atoms with E-state index in [0.717, 1.165) is 5.56 Å². The van der Waals surface area contributed by atoms with Crippen LogP contribution in [0.15, 0.2) is 84.6 Å². The van der Waals surface area contributed by atoms with Crippen LogP contribution < -0.4 is 14.2 Å². The van der Waals surface area contributed by atoms with Crippen molar-refractivity contribution in [3.05, 3.63) is 107 Å². The van der Waals surface area contributed by atoms with Gasteiger partial charge in [-0.1, -0.05) is 30.4 Å². The quantitative estimate of drug-likeness (QED) is 0.324. The number of carbonyl (C=O) groups excluding carboxylic acids is 2. The average molecular weight is 416 g/mol. The van der Waals surface area contributed by atoms with E-state index in [1.165, 1.54) is 42.5 Å². The molecule has 0 bridgehead atoms. The Kier molecular flexibility index (Phi) is 5.62. The largest absolute Gasteiger partial charge is 0.496 e. The summed E-state index contributed by atoms with van der Waals surface area (Å²) in [4.78, 5) is 24.8. The molecule has 0 amide bonds. The van der Waals surface area contributed by atoms with Gasteiger partial charge in [-0.2, -0.15) is 0 Å². The molecule has 3 aromatic rings. The standard InChI is InChI=1S/C25H17FO5/c1-29-21-7-3-2-5-16(21)6-4-8-22-24(27)20-14-13-19(15-23(20)31-22)30-25(28)17-9-11-18(26)12-10-17/h2-15H,1H3/b6-4+,22-8-. The monoisotopic (exact) mass is 416 g/mol. The number of ketones is 1. The van der Waals surface area contributed by atoms with Crippen LogP contribution in [0.3, 0.4) is 0 Å². The van der Waals surface area contributed by atoms with Crippen LogP contribution in [-0.2, 0) is 0 Å². The van der Waals surface area contributed by atoms with Gasteiger partial charge in [0.1, 0.15) is 23.1 Å². The number of halogens is 1. The van der Waals surface area contributed by atoms with E-state index in [2.05, 4.69) is 0 Å². The van der Waals surface area contributed by atoms with E-state index < -0.39 is 11.8 Å². The molecule has 154 valence electrons. The Bertz CT molecular complexity index is 1210. The number of rotatable bonds is 5. The molecule has 0 atom stereocenters. The molecular formula is C25H17FO5. The van der Waals surface area contributed by atoms with Crippen LogP contribution in [0.25, 0.3) is 6.08 Å². The Morgan fingerprint density at radius 3 is 2.58 bits per heavy atom. The Hall–Kier alpha value is -4.19. The fourth-order valence-corrected chi connectivity index (χ4v) is 3.04. The van der Waals surface area contributed by atoms with E-state index in [4.69, 9.17) is 14.2 Å². The molecule has 0 radical (unpaired) electrons. The smallest absolute Gasteiger partial charge is 0.343 e. The second kappa shape index (κ2) is 8.67. The van der Waals surface area contributed by atoms with Crippen molar-refractivity contribution >= 4 is 17.8 Å². The van der Waals surface area contributed by atoms with Crippen molar-refractivity contribution in [3.63, 3.8) is 0 Å². The lowest BCUT2D eigenvalue weighted by Gasteiger charge is -2.05. The summed E-state index contributed by atoms with van der Waals surface area (Å²) in [6.45, 7) is 0. The highest BCUT2D eigenvalue weighted by Gasteiger charge is 2.27. The molecule has 4 rings (SSSR count). The third kappa shape index (κ3) is 4.38. The summed E-state index contributed by atoms with van der Waals surface area (Å²) in [5, 5.41) is 0. The van der Waals surface area contributed by atoms with Gasteiger partial charge in [0.15, 0.2) is 5.76 Å². The zero-order valence-corrected chi connectivity index (χ0v) is 16.5. The van der Waals surface area contributed by atoms with Gasteiger partial charge in [0.05, 0.1) is 18.2 Å². The number of esters is 1. The van der Waals surface area contributed by atoms with Crippen LogP contribution in [0.4, 0.5) is 4.39 Å². The van der Waals surface area contributed by atoms with Gasteiger partial charge >= 0.3 is 5.97 Å². The fourth-order valence-electron chi connectivity index (χ4n) is 3.04. The molecule has 0 aromatic heterocycles. The Morgan fingerprint density at radius 1 is 1.03 bits per heavy atom. The Morgan fingerprint density at radius 2 is 1.81 bits per heavy atom. The average Bonchev–Trinajstić information content (AvgIpc) is 3.09. The first kappa shape index (κ1) is 20.1. The van der Waals surface area contributed by atoms with Crippen LogP contribution >= 0.6 is 0 Å². The fraction of sp³-hybridized carbons (Fsp3) is 0.0400. The maximum atomic E-state index is 13.0. The first-order chi connectivity index (χ1) is 15.0. The number of carbonyl (C=O) groups is 2. The zero-order chi connectivity index (χ0) is 21.8. The molecule has 1 heterocycles. The maximum Gasteiger partial charge on any atom is 0.343 e. The van der Waals surface area contributed by atoms with E-state index in [1.807, 2.05) is 24.3 Å². The topological polar surface area (TPSA) is 61.8 Å². The van der Waals surface area contributed by atoms with Crippen LogP contribution in [0.5, 0.6) is 17.2 Å². The molecule has 0 spiro atoms. The maximum absolute atomic E-state index is 13.0. The molecule has 1 aliphatic rings. The van der Waals surface area contributed by atoms with Gasteiger partial charge in [-0.05, 0) is 48.5 Å². The summed E-state index contributed by atoms with van der Waals surface area (Å²) in [6, 6.07) is 17.0. The van der Waals surface area contributed by atoms with Gasteiger partial charge in [-0.3, -0.25) is 4.79 Å². The zero-order valence-electron chi connectivity index (χ0n) is 16.5. The molecular weight excluding hydrogens is 399 g/mol. The summed E-state index contributed by atoms with van der Waals surface area (Å²) in [5.41, 5.74) is 1.44. The number of hydrogen-bond donors (Lipinski definition) is 0. The molecule has 5 nitrogen and oxygen atoms in total. The predicted molar refractivity (Wildman–Crippen MR) is 113 cm³/mol. The lowest BCUT2D eigenvalue weighted by atomic mass is 10.1. The van der Waals surface area contributed by atoms with Gasteiger partial charge in [0.2, 0.25) is 5.78 Å². The number of para-hydroxylation sites is 1. The molecule has 0 saturated carbocycles. The number of benzene rings is 3. The molecule has 6 heteroatoms. The summed E-state index contributed by atoms with van der Waals surface area (Å²) in [6.07, 6.45) is 5.08. The minimum absolute atomic E-state index is 0.156. The highest BCUT2D eigenvalue weighted by molar-refractivity contribution is 6.12. The summed E-state index contributed by atoms with van der Waals surface area (Å²) < 4.78 is 29.2. The number of methoxy groups -OCH3 is 1. The van der Waals surface area contributed by atoms with Crippen molar-refractivity contribution < 1.29 is 28.2 Å². The second-order valence-corrected chi connectivity index (χ2v) is 6.62. The van der Waals surface area contributed by atoms with Gasteiger partial charge in [0.25, 0.3) is 0 Å². The lowest BCUT2D eigenvalue weighted by Crippen LogP contribution is -2.08. The van der Waals surface area contributed by atoms with Gasteiger partial charge in [0, 0.05) is 11.6 Å². The van der Waals surface area contributed by atoms with Crippen molar-refractivity contribution in [2.75, 3.05) is 7.11 Å². The van der Waals surface area contributed by atoms with E-state index in [-0.39, 0.29) is 22.9 Å². The van der Waals surface area contributed by atoms with Gasteiger partial charge in [-0.15, -0.1) is 0 Å². The molecule has 0 unspecified atom stereocenters. The number of ether oxygens (including phenoxy) is 3. The van der Waals surface area contributed by atoms with Crippen LogP contribution in [0, 0.1) is 5.82 Å². The minimum atomic E-state index is -0.639. The molecule has 0 N–H and O–H groups in total. The van der Waals surface area contributed by atoms with Gasteiger partial charge < -0.3 is 14.2 Å². The second-order valence-electron chi connectivity index (χ2n) is 6.62. The number of fused-ring (bicyclic) bond motifs is 1. The van der Waals surface area contributed by atoms with Crippen molar-refractivity contribution in [1.82, 2.24) is 0 Å². The molecule has 0 aliphatic carbocycles. The van der Waals surface area contributed by atoms with E-state index >= 15 is 0 Å². The molecule has 0 fully saturated rings. The summed E-state index contributed by atoms with van der Waals surface area (Å²) in [5.74, 6) is 0.0313. The first-order valence-corrected chi connectivity index (χ1v) is 9.41. The Labute approximate surface area is 178 Å². The van der Waals surface area contributed by atoms with Crippen LogP contribution in [-0.4, -0.2) is 18.9 Å². The predicted octanol–water partition coefficient (Wildman–Crippen LogP) is 5.23. The molecule has 0 saturated heterocycles. The molecule has 31 heavy (non-hydrogen) atoms. The molecule has 1 aliphatic heterocycles. The number of allylic oxidation sites excluding steroid dienone is 3. The van der Waals surface area contributed by atoms with E-state index in [9.17, 15) is 14.0 Å². The van der Waals surface area contributed by atoms with Crippen molar-refractivity contribution in [1.29, 1.82) is 0 Å². The van der Waals surface area contributed by atoms with Crippen molar-refractivity contribution in [2.45, 2.75) is 0 Å². The minimum Gasteiger partial charge on any atom is -0.496 e. The highest BCUT2D eigenvalue weighted by atomic mass is 19.1. The van der Waals surface area contributed by atoms with Gasteiger partial charge in [-0.25, -0.2) is 9.18 Å². The van der Waals surface area contributed by atoms with Crippen molar-refractivity contribution in [3.8, 4) is 17.2 Å². The lowest BCUT2D eigenvalue weighted by molar-refractivity contribution is 0.0734. The van der Waals surface area contributed by atoms with Crippen molar-refractivity contribution in [2.24, 2.45) is 0 Å². The normalized spacial score (nSPS) is 13.9. The summed E-state index contributed by atoms with van der Waals surface area (Å²) >= 11 is 0. The third-order valence-electron chi connectivity index (χ3n) is 4.59. The number of hydrogen-bond acceptors (Lipinski definition) is 5. The van der Waals surface area contributed by atoms with Crippen LogP contribution in [0.1, 0.15) is 26.3 Å². The molecule has 3 aromatic carbocycles. The Balaban J connectivity index is 1.49. The first-order valence-electron chi connectivity index (χ1n) is 9.41.